The molecule has 0 fully saturated rings. The Morgan fingerprint density at radius 2 is 1.83 bits per heavy atom. The fourth-order valence-electron chi connectivity index (χ4n) is 2.12. The molecule has 0 aliphatic heterocycles. The second-order valence-electron chi connectivity index (χ2n) is 4.87. The van der Waals surface area contributed by atoms with Gasteiger partial charge < -0.3 is 0 Å². The topological polar surface area (TPSA) is 62.2 Å². The smallest absolute Gasteiger partial charge is 0.267 e. The Kier molecular flexibility index (Phi) is 4.71. The molecule has 0 aliphatic carbocycles. The summed E-state index contributed by atoms with van der Waals surface area (Å²) in [5.74, 6) is -0.547. The number of hydroxylamine groups is 1. The Morgan fingerprint density at radius 1 is 1.04 bits per heavy atom. The van der Waals surface area contributed by atoms with E-state index in [1.54, 1.807) is 29.5 Å². The predicted molar refractivity (Wildman–Crippen MR) is 91.3 cm³/mol. The third-order valence-corrected chi connectivity index (χ3v) is 4.26. The van der Waals surface area contributed by atoms with Gasteiger partial charge >= 0.3 is 0 Å². The summed E-state index contributed by atoms with van der Waals surface area (Å²) < 4.78 is 0. The molecular weight excluding hydrogens is 308 g/mol. The molecule has 4 nitrogen and oxygen atoms in total. The van der Waals surface area contributed by atoms with E-state index in [9.17, 15) is 4.79 Å². The third kappa shape index (κ3) is 3.97. The van der Waals surface area contributed by atoms with E-state index in [1.807, 2.05) is 36.5 Å². The monoisotopic (exact) mass is 322 g/mol. The normalized spacial score (nSPS) is 11.0. The number of benzene rings is 2. The van der Waals surface area contributed by atoms with Gasteiger partial charge in [0.15, 0.2) is 0 Å². The van der Waals surface area contributed by atoms with Crippen LogP contribution in [0.15, 0.2) is 76.8 Å². The van der Waals surface area contributed by atoms with Crippen molar-refractivity contribution in [3.8, 4) is 0 Å². The number of aromatic nitrogens is 1. The highest BCUT2D eigenvalue weighted by Crippen LogP contribution is 2.30. The lowest BCUT2D eigenvalue weighted by Crippen LogP contribution is -2.14. The number of nitrogens with one attached hydrogen (secondary N) is 1. The third-order valence-electron chi connectivity index (χ3n) is 3.27. The van der Waals surface area contributed by atoms with E-state index in [1.165, 1.54) is 11.5 Å². The van der Waals surface area contributed by atoms with Crippen molar-refractivity contribution in [2.24, 2.45) is 0 Å². The molecule has 2 N–H and O–H groups in total. The summed E-state index contributed by atoms with van der Waals surface area (Å²) in [4.78, 5) is 17.3. The van der Waals surface area contributed by atoms with E-state index in [4.69, 9.17) is 5.21 Å². The molecule has 1 heterocycles. The average molecular weight is 322 g/mol. The SMILES string of the molecule is O=C(/C=C/c1ccc(Sc2ccc3cnccc3c2)cc1)NO. The highest BCUT2D eigenvalue weighted by molar-refractivity contribution is 7.99. The number of pyridine rings is 1. The summed E-state index contributed by atoms with van der Waals surface area (Å²) in [7, 11) is 0. The van der Waals surface area contributed by atoms with E-state index in [-0.39, 0.29) is 0 Å². The van der Waals surface area contributed by atoms with Gasteiger partial charge in [-0.05, 0) is 47.4 Å². The maximum atomic E-state index is 10.9. The van der Waals surface area contributed by atoms with Gasteiger partial charge in [-0.3, -0.25) is 15.0 Å². The van der Waals surface area contributed by atoms with Crippen molar-refractivity contribution in [3.63, 3.8) is 0 Å². The number of carbonyl (C=O) groups is 1. The minimum absolute atomic E-state index is 0.547. The molecule has 23 heavy (non-hydrogen) atoms. The number of carbonyl (C=O) groups excluding carboxylic acids is 1. The molecule has 0 bridgehead atoms. The largest absolute Gasteiger partial charge is 0.288 e. The summed E-state index contributed by atoms with van der Waals surface area (Å²) in [5, 5.41) is 10.7. The maximum Gasteiger partial charge on any atom is 0.267 e. The highest BCUT2D eigenvalue weighted by atomic mass is 32.2. The molecule has 3 aromatic rings. The molecule has 0 aliphatic rings. The standard InChI is InChI=1S/C18H14N2O2S/c21-18(20-22)8-3-13-1-5-16(6-2-13)23-17-7-4-15-12-19-10-9-14(15)11-17/h1-12,22H,(H,20,21)/b8-3+. The van der Waals surface area contributed by atoms with Crippen LogP contribution in [0.1, 0.15) is 5.56 Å². The second-order valence-corrected chi connectivity index (χ2v) is 6.01. The van der Waals surface area contributed by atoms with Crippen molar-refractivity contribution >= 4 is 34.5 Å². The van der Waals surface area contributed by atoms with E-state index < -0.39 is 5.91 Å². The Labute approximate surface area is 137 Å². The summed E-state index contributed by atoms with van der Waals surface area (Å²) in [6.07, 6.45) is 6.57. The highest BCUT2D eigenvalue weighted by Gasteiger charge is 2.00. The van der Waals surface area contributed by atoms with E-state index in [0.29, 0.717) is 0 Å². The summed E-state index contributed by atoms with van der Waals surface area (Å²) in [6.45, 7) is 0. The van der Waals surface area contributed by atoms with Crippen LogP contribution in [0.2, 0.25) is 0 Å². The molecule has 114 valence electrons. The molecule has 0 saturated heterocycles. The van der Waals surface area contributed by atoms with Crippen molar-refractivity contribution in [2.75, 3.05) is 0 Å². The molecule has 0 atom stereocenters. The van der Waals surface area contributed by atoms with Crippen molar-refractivity contribution in [2.45, 2.75) is 9.79 Å². The van der Waals surface area contributed by atoms with Gasteiger partial charge in [0.2, 0.25) is 0 Å². The Bertz CT molecular complexity index is 860. The second kappa shape index (κ2) is 7.09. The number of hydrogen-bond donors (Lipinski definition) is 2. The summed E-state index contributed by atoms with van der Waals surface area (Å²) in [5.41, 5.74) is 2.45. The first-order valence-corrected chi connectivity index (χ1v) is 7.80. The van der Waals surface area contributed by atoms with Crippen LogP contribution in [-0.2, 0) is 4.79 Å². The lowest BCUT2D eigenvalue weighted by atomic mass is 10.2. The van der Waals surface area contributed by atoms with Gasteiger partial charge in [0, 0.05) is 33.6 Å². The minimum Gasteiger partial charge on any atom is -0.288 e. The molecule has 0 saturated carbocycles. The van der Waals surface area contributed by atoms with E-state index >= 15 is 0 Å². The van der Waals surface area contributed by atoms with Crippen LogP contribution in [0.4, 0.5) is 0 Å². The first-order valence-electron chi connectivity index (χ1n) is 6.98. The van der Waals surface area contributed by atoms with Gasteiger partial charge in [-0.2, -0.15) is 0 Å². The van der Waals surface area contributed by atoms with Gasteiger partial charge in [-0.1, -0.05) is 30.0 Å². The molecule has 3 rings (SSSR count). The number of rotatable bonds is 4. The number of amides is 1. The van der Waals surface area contributed by atoms with E-state index in [2.05, 4.69) is 23.2 Å². The van der Waals surface area contributed by atoms with Crippen LogP contribution in [-0.4, -0.2) is 16.1 Å². The fraction of sp³-hybridized carbons (Fsp3) is 0. The first-order chi connectivity index (χ1) is 11.2. The van der Waals surface area contributed by atoms with Gasteiger partial charge in [-0.25, -0.2) is 5.48 Å². The zero-order chi connectivity index (χ0) is 16.1. The fourth-order valence-corrected chi connectivity index (χ4v) is 2.98. The zero-order valence-electron chi connectivity index (χ0n) is 12.1. The van der Waals surface area contributed by atoms with Crippen LogP contribution in [0, 0.1) is 0 Å². The van der Waals surface area contributed by atoms with Gasteiger partial charge in [-0.15, -0.1) is 0 Å². The molecule has 1 amide bonds. The van der Waals surface area contributed by atoms with Crippen molar-refractivity contribution in [1.29, 1.82) is 0 Å². The van der Waals surface area contributed by atoms with Gasteiger partial charge in [0.25, 0.3) is 5.91 Å². The Balaban J connectivity index is 1.74. The summed E-state index contributed by atoms with van der Waals surface area (Å²) in [6, 6.07) is 16.1. The summed E-state index contributed by atoms with van der Waals surface area (Å²) >= 11 is 1.68. The number of nitrogens with zero attached hydrogens (tertiary/aromatic N) is 1. The molecule has 1 aromatic heterocycles. The van der Waals surface area contributed by atoms with Crippen LogP contribution in [0.5, 0.6) is 0 Å². The number of fused-ring (bicyclic) bond motifs is 1. The van der Waals surface area contributed by atoms with Crippen LogP contribution in [0.25, 0.3) is 16.8 Å². The average Bonchev–Trinajstić information content (AvgIpc) is 2.60. The van der Waals surface area contributed by atoms with Crippen LogP contribution >= 0.6 is 11.8 Å². The lowest BCUT2D eigenvalue weighted by Gasteiger charge is -2.04. The van der Waals surface area contributed by atoms with Crippen LogP contribution < -0.4 is 5.48 Å². The molecule has 0 radical (unpaired) electrons. The predicted octanol–water partition coefficient (Wildman–Crippen LogP) is 3.90. The van der Waals surface area contributed by atoms with Crippen LogP contribution in [0.3, 0.4) is 0 Å². The molecule has 0 unspecified atom stereocenters. The molecular formula is C18H14N2O2S. The maximum absolute atomic E-state index is 10.9. The minimum atomic E-state index is -0.547. The van der Waals surface area contributed by atoms with Crippen molar-refractivity contribution in [1.82, 2.24) is 10.5 Å². The van der Waals surface area contributed by atoms with Crippen molar-refractivity contribution in [3.05, 3.63) is 72.6 Å². The Hall–Kier alpha value is -2.63. The molecule has 5 heteroatoms. The quantitative estimate of drug-likeness (QED) is 0.434. The Morgan fingerprint density at radius 3 is 2.61 bits per heavy atom. The number of hydrogen-bond acceptors (Lipinski definition) is 4. The first kappa shape index (κ1) is 15.3. The zero-order valence-corrected chi connectivity index (χ0v) is 13.0. The van der Waals surface area contributed by atoms with Gasteiger partial charge in [0.1, 0.15) is 0 Å². The van der Waals surface area contributed by atoms with E-state index in [0.717, 1.165) is 20.7 Å². The lowest BCUT2D eigenvalue weighted by molar-refractivity contribution is -0.124. The molecule has 2 aromatic carbocycles. The van der Waals surface area contributed by atoms with Crippen molar-refractivity contribution < 1.29 is 10.0 Å². The van der Waals surface area contributed by atoms with Gasteiger partial charge in [0.05, 0.1) is 0 Å². The molecule has 0 spiro atoms.